The fraction of sp³-hybridized carbons (Fsp3) is 0.556. The molecule has 6 heteroatoms. The van der Waals surface area contributed by atoms with Gasteiger partial charge >= 0.3 is 5.97 Å². The number of carbonyl (C=O) groups is 1. The Hall–Kier alpha value is -0.810. The topological polar surface area (TPSA) is 62.2 Å². The fourth-order valence-corrected chi connectivity index (χ4v) is 1.98. The SMILES string of the molecule is Cc1nc(NC(C)(C)C)sc1C(=O)O.Cl. The first-order valence-corrected chi connectivity index (χ1v) is 5.10. The molecule has 0 atom stereocenters. The van der Waals surface area contributed by atoms with Gasteiger partial charge < -0.3 is 10.4 Å². The molecular weight excluding hydrogens is 236 g/mol. The van der Waals surface area contributed by atoms with Crippen LogP contribution in [-0.2, 0) is 0 Å². The summed E-state index contributed by atoms with van der Waals surface area (Å²) < 4.78 is 0. The number of nitrogens with zero attached hydrogens (tertiary/aromatic N) is 1. The Bertz CT molecular complexity index is 357. The average Bonchev–Trinajstić information content (AvgIpc) is 2.26. The molecule has 0 aromatic carbocycles. The summed E-state index contributed by atoms with van der Waals surface area (Å²) in [6.45, 7) is 7.71. The van der Waals surface area contributed by atoms with Gasteiger partial charge in [0.05, 0.1) is 5.69 Å². The highest BCUT2D eigenvalue weighted by Gasteiger charge is 2.17. The lowest BCUT2D eigenvalue weighted by atomic mass is 10.1. The second-order valence-electron chi connectivity index (χ2n) is 4.11. The lowest BCUT2D eigenvalue weighted by Crippen LogP contribution is -2.25. The molecule has 15 heavy (non-hydrogen) atoms. The van der Waals surface area contributed by atoms with Crippen molar-refractivity contribution in [2.24, 2.45) is 0 Å². The summed E-state index contributed by atoms with van der Waals surface area (Å²) in [4.78, 5) is 15.2. The Labute approximate surface area is 99.1 Å². The Morgan fingerprint density at radius 2 is 2.00 bits per heavy atom. The number of thiazole rings is 1. The molecule has 1 rings (SSSR count). The summed E-state index contributed by atoms with van der Waals surface area (Å²) in [5.74, 6) is -0.915. The van der Waals surface area contributed by atoms with Crippen LogP contribution in [0.5, 0.6) is 0 Å². The van der Waals surface area contributed by atoms with Crippen LogP contribution < -0.4 is 5.32 Å². The van der Waals surface area contributed by atoms with Gasteiger partial charge in [-0.05, 0) is 27.7 Å². The molecule has 0 aliphatic carbocycles. The maximum atomic E-state index is 10.7. The van der Waals surface area contributed by atoms with Gasteiger partial charge in [-0.3, -0.25) is 0 Å². The van der Waals surface area contributed by atoms with E-state index in [-0.39, 0.29) is 17.9 Å². The lowest BCUT2D eigenvalue weighted by Gasteiger charge is -2.19. The molecule has 1 aromatic rings. The normalized spacial score (nSPS) is 10.7. The summed E-state index contributed by atoms with van der Waals surface area (Å²) in [5, 5.41) is 12.6. The lowest BCUT2D eigenvalue weighted by molar-refractivity contribution is 0.0701. The minimum atomic E-state index is -0.915. The number of aromatic carboxylic acids is 1. The van der Waals surface area contributed by atoms with Gasteiger partial charge in [-0.2, -0.15) is 0 Å². The van der Waals surface area contributed by atoms with Gasteiger partial charge in [-0.1, -0.05) is 11.3 Å². The Morgan fingerprint density at radius 1 is 1.47 bits per heavy atom. The van der Waals surface area contributed by atoms with Crippen LogP contribution in [0.3, 0.4) is 0 Å². The highest BCUT2D eigenvalue weighted by Crippen LogP contribution is 2.24. The van der Waals surface area contributed by atoms with E-state index in [1.54, 1.807) is 6.92 Å². The maximum Gasteiger partial charge on any atom is 0.347 e. The molecular formula is C9H15ClN2O2S. The van der Waals surface area contributed by atoms with E-state index in [0.29, 0.717) is 15.7 Å². The molecule has 0 amide bonds. The van der Waals surface area contributed by atoms with Gasteiger partial charge in [0.1, 0.15) is 4.88 Å². The number of aryl methyl sites for hydroxylation is 1. The molecule has 0 saturated heterocycles. The predicted octanol–water partition coefficient (Wildman–Crippen LogP) is 2.78. The molecule has 0 fully saturated rings. The monoisotopic (exact) mass is 250 g/mol. The molecule has 0 spiro atoms. The predicted molar refractivity (Wildman–Crippen MR) is 64.4 cm³/mol. The van der Waals surface area contributed by atoms with E-state index in [2.05, 4.69) is 10.3 Å². The van der Waals surface area contributed by atoms with Crippen molar-refractivity contribution in [2.75, 3.05) is 5.32 Å². The van der Waals surface area contributed by atoms with E-state index in [1.165, 1.54) is 11.3 Å². The van der Waals surface area contributed by atoms with Crippen molar-refractivity contribution in [1.82, 2.24) is 4.98 Å². The third kappa shape index (κ3) is 4.05. The number of carboxylic acids is 1. The summed E-state index contributed by atoms with van der Waals surface area (Å²) >= 11 is 1.17. The van der Waals surface area contributed by atoms with Gasteiger partial charge in [0.25, 0.3) is 0 Å². The minimum Gasteiger partial charge on any atom is -0.477 e. The molecule has 0 saturated carbocycles. The number of hydrogen-bond donors (Lipinski definition) is 2. The Morgan fingerprint density at radius 3 is 2.33 bits per heavy atom. The molecule has 0 unspecified atom stereocenters. The zero-order chi connectivity index (χ0) is 10.9. The van der Waals surface area contributed by atoms with Crippen LogP contribution in [0.2, 0.25) is 0 Å². The van der Waals surface area contributed by atoms with Crippen LogP contribution in [-0.4, -0.2) is 21.6 Å². The van der Waals surface area contributed by atoms with Crippen LogP contribution in [0.25, 0.3) is 0 Å². The first-order valence-electron chi connectivity index (χ1n) is 4.28. The second kappa shape index (κ2) is 4.81. The van der Waals surface area contributed by atoms with Gasteiger partial charge in [-0.15, -0.1) is 12.4 Å². The highest BCUT2D eigenvalue weighted by molar-refractivity contribution is 7.17. The zero-order valence-corrected chi connectivity index (χ0v) is 10.8. The summed E-state index contributed by atoms with van der Waals surface area (Å²) in [6.07, 6.45) is 0. The number of carboxylic acid groups (broad SMARTS) is 1. The number of nitrogens with one attached hydrogen (secondary N) is 1. The largest absolute Gasteiger partial charge is 0.477 e. The van der Waals surface area contributed by atoms with E-state index in [9.17, 15) is 4.79 Å². The van der Waals surface area contributed by atoms with E-state index in [4.69, 9.17) is 5.11 Å². The molecule has 1 aromatic heterocycles. The molecule has 0 radical (unpaired) electrons. The van der Waals surface area contributed by atoms with Crippen molar-refractivity contribution < 1.29 is 9.90 Å². The summed E-state index contributed by atoms with van der Waals surface area (Å²) in [5.41, 5.74) is 0.467. The van der Waals surface area contributed by atoms with Crippen molar-refractivity contribution in [3.05, 3.63) is 10.6 Å². The van der Waals surface area contributed by atoms with Gasteiger partial charge in [0, 0.05) is 5.54 Å². The Kier molecular flexibility index (Phi) is 4.55. The zero-order valence-electron chi connectivity index (χ0n) is 9.12. The maximum absolute atomic E-state index is 10.7. The van der Waals surface area contributed by atoms with Crippen LogP contribution in [0.1, 0.15) is 36.1 Å². The molecule has 1 heterocycles. The van der Waals surface area contributed by atoms with Gasteiger partial charge in [0.2, 0.25) is 0 Å². The van der Waals surface area contributed by atoms with Crippen LogP contribution in [0.15, 0.2) is 0 Å². The number of rotatable bonds is 2. The standard InChI is InChI=1S/C9H14N2O2S.ClH/c1-5-6(7(12)13)14-8(10-5)11-9(2,3)4;/h1-4H3,(H,10,11)(H,12,13);1H. The van der Waals surface area contributed by atoms with Crippen molar-refractivity contribution >= 4 is 34.8 Å². The van der Waals surface area contributed by atoms with E-state index in [0.717, 1.165) is 0 Å². The van der Waals surface area contributed by atoms with Crippen molar-refractivity contribution in [3.8, 4) is 0 Å². The third-order valence-electron chi connectivity index (χ3n) is 1.47. The van der Waals surface area contributed by atoms with E-state index >= 15 is 0 Å². The quantitative estimate of drug-likeness (QED) is 0.847. The van der Waals surface area contributed by atoms with Crippen LogP contribution in [0, 0.1) is 6.92 Å². The van der Waals surface area contributed by atoms with Crippen molar-refractivity contribution in [2.45, 2.75) is 33.2 Å². The number of hydrogen-bond acceptors (Lipinski definition) is 4. The molecule has 2 N–H and O–H groups in total. The van der Waals surface area contributed by atoms with Crippen LogP contribution >= 0.6 is 23.7 Å². The third-order valence-corrected chi connectivity index (χ3v) is 2.53. The molecule has 0 aliphatic heterocycles. The molecule has 86 valence electrons. The first kappa shape index (κ1) is 14.2. The number of halogens is 1. The van der Waals surface area contributed by atoms with E-state index in [1.807, 2.05) is 20.8 Å². The fourth-order valence-electron chi connectivity index (χ4n) is 0.969. The van der Waals surface area contributed by atoms with Crippen molar-refractivity contribution in [3.63, 3.8) is 0 Å². The summed E-state index contributed by atoms with van der Waals surface area (Å²) in [6, 6.07) is 0. The van der Waals surface area contributed by atoms with Crippen LogP contribution in [0.4, 0.5) is 5.13 Å². The average molecular weight is 251 g/mol. The van der Waals surface area contributed by atoms with E-state index < -0.39 is 5.97 Å². The number of anilines is 1. The molecule has 0 bridgehead atoms. The number of aromatic nitrogens is 1. The minimum absolute atomic E-state index is 0. The second-order valence-corrected chi connectivity index (χ2v) is 5.11. The smallest absolute Gasteiger partial charge is 0.347 e. The summed E-state index contributed by atoms with van der Waals surface area (Å²) in [7, 11) is 0. The van der Waals surface area contributed by atoms with Crippen molar-refractivity contribution in [1.29, 1.82) is 0 Å². The Balaban J connectivity index is 0.00000196. The van der Waals surface area contributed by atoms with Gasteiger partial charge in [0.15, 0.2) is 5.13 Å². The molecule has 0 aliphatic rings. The molecule has 4 nitrogen and oxygen atoms in total. The highest BCUT2D eigenvalue weighted by atomic mass is 35.5. The first-order chi connectivity index (χ1) is 6.29. The van der Waals surface area contributed by atoms with Gasteiger partial charge in [-0.25, -0.2) is 9.78 Å².